The molecule has 2 unspecified atom stereocenters. The maximum absolute atomic E-state index is 12.9. The Bertz CT molecular complexity index is 898. The van der Waals surface area contributed by atoms with E-state index in [1.54, 1.807) is 11.3 Å². The van der Waals surface area contributed by atoms with Crippen LogP contribution in [0.25, 0.3) is 0 Å². The second-order valence-corrected chi connectivity index (χ2v) is 10.6. The van der Waals surface area contributed by atoms with Crippen molar-refractivity contribution < 1.29 is 4.79 Å². The average Bonchev–Trinajstić information content (AvgIpc) is 3.26. The second-order valence-electron chi connectivity index (χ2n) is 9.64. The number of thiophene rings is 1. The average molecular weight is 469 g/mol. The van der Waals surface area contributed by atoms with Gasteiger partial charge in [-0.15, -0.1) is 11.3 Å². The Hall–Kier alpha value is -2.19. The fourth-order valence-corrected chi connectivity index (χ4v) is 6.22. The summed E-state index contributed by atoms with van der Waals surface area (Å²) in [5, 5.41) is 5.62. The number of hydrogen-bond donors (Lipinski definition) is 1. The highest BCUT2D eigenvalue weighted by atomic mass is 32.1. The lowest BCUT2D eigenvalue weighted by atomic mass is 9.98. The van der Waals surface area contributed by atoms with Gasteiger partial charge in [-0.25, -0.2) is 4.98 Å². The van der Waals surface area contributed by atoms with Gasteiger partial charge in [-0.05, 0) is 62.6 Å². The van der Waals surface area contributed by atoms with Crippen LogP contribution in [0, 0.1) is 0 Å². The van der Waals surface area contributed by atoms with E-state index in [9.17, 15) is 4.79 Å². The fraction of sp³-hybridized carbons (Fsp3) is 0.640. The van der Waals surface area contributed by atoms with Crippen molar-refractivity contribution in [1.82, 2.24) is 19.8 Å². The van der Waals surface area contributed by atoms with Gasteiger partial charge in [0.15, 0.2) is 0 Å². The fourth-order valence-electron chi connectivity index (χ4n) is 5.53. The molecule has 0 aliphatic carbocycles. The van der Waals surface area contributed by atoms with E-state index in [1.807, 2.05) is 29.8 Å². The molecule has 3 aliphatic rings. The molecule has 2 atom stereocenters. The number of carbonyl (C=O) groups excluding carboxylic acids is 1. The zero-order chi connectivity index (χ0) is 22.5. The molecule has 0 spiro atoms. The Morgan fingerprint density at radius 3 is 2.64 bits per heavy atom. The maximum Gasteiger partial charge on any atom is 0.263 e. The third kappa shape index (κ3) is 5.66. The highest BCUT2D eigenvalue weighted by Crippen LogP contribution is 2.24. The van der Waals surface area contributed by atoms with Crippen LogP contribution in [0.1, 0.15) is 61.0 Å². The van der Waals surface area contributed by atoms with Crippen LogP contribution >= 0.6 is 11.3 Å². The van der Waals surface area contributed by atoms with E-state index in [4.69, 9.17) is 4.98 Å². The number of nitrogens with one attached hydrogen (secondary N) is 1. The lowest BCUT2D eigenvalue weighted by Gasteiger charge is -2.43. The molecule has 1 N–H and O–H groups in total. The zero-order valence-electron chi connectivity index (χ0n) is 19.5. The first-order valence-corrected chi connectivity index (χ1v) is 13.6. The summed E-state index contributed by atoms with van der Waals surface area (Å²) in [7, 11) is 0. The minimum Gasteiger partial charge on any atom is -0.356 e. The number of anilines is 2. The van der Waals surface area contributed by atoms with E-state index >= 15 is 0 Å². The molecule has 2 aromatic rings. The predicted octanol–water partition coefficient (Wildman–Crippen LogP) is 4.10. The first-order valence-electron chi connectivity index (χ1n) is 12.7. The summed E-state index contributed by atoms with van der Waals surface area (Å²) in [5.74, 6) is 2.00. The van der Waals surface area contributed by atoms with Crippen molar-refractivity contribution in [2.45, 2.75) is 63.5 Å². The summed E-state index contributed by atoms with van der Waals surface area (Å²) in [6.07, 6.45) is 11.6. The highest BCUT2D eigenvalue weighted by Gasteiger charge is 2.31. The number of hydrogen-bond acceptors (Lipinski definition) is 7. The Morgan fingerprint density at radius 2 is 1.82 bits per heavy atom. The normalized spacial score (nSPS) is 25.0. The minimum atomic E-state index is 0.195. The summed E-state index contributed by atoms with van der Waals surface area (Å²) >= 11 is 1.54. The quantitative estimate of drug-likeness (QED) is 0.713. The number of aromatic nitrogens is 2. The van der Waals surface area contributed by atoms with Crippen molar-refractivity contribution in [3.63, 3.8) is 0 Å². The number of nitrogens with zero attached hydrogens (tertiary/aromatic N) is 5. The predicted molar refractivity (Wildman–Crippen MR) is 134 cm³/mol. The molecule has 3 aliphatic heterocycles. The molecule has 0 aromatic carbocycles. The van der Waals surface area contributed by atoms with Gasteiger partial charge >= 0.3 is 0 Å². The number of carbonyl (C=O) groups is 1. The molecule has 2 aromatic heterocycles. The van der Waals surface area contributed by atoms with E-state index in [0.717, 1.165) is 68.8 Å². The number of likely N-dealkylation sites (tertiary alicyclic amines) is 2. The summed E-state index contributed by atoms with van der Waals surface area (Å²) in [5.41, 5.74) is 0. The molecule has 33 heavy (non-hydrogen) atoms. The van der Waals surface area contributed by atoms with Crippen LogP contribution in [0.15, 0.2) is 29.8 Å². The van der Waals surface area contributed by atoms with Crippen molar-refractivity contribution in [2.24, 2.45) is 0 Å². The highest BCUT2D eigenvalue weighted by molar-refractivity contribution is 7.12. The molecule has 178 valence electrons. The molecular weight excluding hydrogens is 432 g/mol. The van der Waals surface area contributed by atoms with Gasteiger partial charge in [0, 0.05) is 51.0 Å². The van der Waals surface area contributed by atoms with Crippen LogP contribution in [0.4, 0.5) is 11.8 Å². The number of piperidine rings is 2. The van der Waals surface area contributed by atoms with Gasteiger partial charge in [-0.1, -0.05) is 18.9 Å². The summed E-state index contributed by atoms with van der Waals surface area (Å²) in [6.45, 7) is 6.00. The van der Waals surface area contributed by atoms with E-state index in [2.05, 4.69) is 25.0 Å². The van der Waals surface area contributed by atoms with E-state index in [-0.39, 0.29) is 5.91 Å². The molecular formula is C25H36N6OS. The lowest BCUT2D eigenvalue weighted by Crippen LogP contribution is -2.54. The first kappa shape index (κ1) is 22.6. The standard InChI is InChI=1S/C25H36N6OS/c32-24(22-10-7-17-33-22)31-16-6-9-21(19-31)30-15-5-8-20(18-30)27-25-26-12-11-23(28-25)29-13-3-1-2-4-14-29/h7,10-12,17,20-21H,1-6,8-9,13-16,18-19H2,(H,26,27,28). The first-order chi connectivity index (χ1) is 16.3. The Morgan fingerprint density at radius 1 is 0.970 bits per heavy atom. The van der Waals surface area contributed by atoms with E-state index < -0.39 is 0 Å². The van der Waals surface area contributed by atoms with Crippen LogP contribution in [-0.4, -0.2) is 77.0 Å². The van der Waals surface area contributed by atoms with Gasteiger partial charge in [-0.3, -0.25) is 9.69 Å². The molecule has 5 rings (SSSR count). The molecule has 0 saturated carbocycles. The minimum absolute atomic E-state index is 0.195. The second kappa shape index (κ2) is 10.8. The van der Waals surface area contributed by atoms with Crippen LogP contribution in [-0.2, 0) is 0 Å². The monoisotopic (exact) mass is 468 g/mol. The zero-order valence-corrected chi connectivity index (χ0v) is 20.3. The van der Waals surface area contributed by atoms with Crippen molar-refractivity contribution in [3.8, 4) is 0 Å². The van der Waals surface area contributed by atoms with Gasteiger partial charge in [0.1, 0.15) is 5.82 Å². The smallest absolute Gasteiger partial charge is 0.263 e. The van der Waals surface area contributed by atoms with Gasteiger partial charge in [0.25, 0.3) is 5.91 Å². The molecule has 1 amide bonds. The van der Waals surface area contributed by atoms with Crippen LogP contribution in [0.5, 0.6) is 0 Å². The van der Waals surface area contributed by atoms with E-state index in [1.165, 1.54) is 38.5 Å². The molecule has 5 heterocycles. The van der Waals surface area contributed by atoms with Crippen molar-refractivity contribution in [1.29, 1.82) is 0 Å². The van der Waals surface area contributed by atoms with E-state index in [0.29, 0.717) is 12.1 Å². The van der Waals surface area contributed by atoms with Gasteiger partial charge < -0.3 is 15.1 Å². The van der Waals surface area contributed by atoms with Crippen LogP contribution < -0.4 is 10.2 Å². The summed E-state index contributed by atoms with van der Waals surface area (Å²) < 4.78 is 0. The van der Waals surface area contributed by atoms with Crippen molar-refractivity contribution in [2.75, 3.05) is 49.5 Å². The Kier molecular flexibility index (Phi) is 7.41. The molecule has 7 nitrogen and oxygen atoms in total. The Balaban J connectivity index is 1.19. The summed E-state index contributed by atoms with van der Waals surface area (Å²) in [4.78, 5) is 30.2. The van der Waals surface area contributed by atoms with Crippen LogP contribution in [0.3, 0.4) is 0 Å². The van der Waals surface area contributed by atoms with Crippen molar-refractivity contribution in [3.05, 3.63) is 34.7 Å². The Labute approximate surface area is 201 Å². The molecule has 8 heteroatoms. The molecule has 3 fully saturated rings. The SMILES string of the molecule is O=C(c1cccs1)N1CCCC(N2CCCC(Nc3nccc(N4CCCCCC4)n3)C2)C1. The van der Waals surface area contributed by atoms with Crippen molar-refractivity contribution >= 4 is 29.0 Å². The van der Waals surface area contributed by atoms with Gasteiger partial charge in [0.2, 0.25) is 5.95 Å². The van der Waals surface area contributed by atoms with Gasteiger partial charge in [0.05, 0.1) is 4.88 Å². The molecule has 0 radical (unpaired) electrons. The number of amides is 1. The number of rotatable bonds is 5. The third-order valence-electron chi connectivity index (χ3n) is 7.29. The molecule has 3 saturated heterocycles. The maximum atomic E-state index is 12.9. The van der Waals surface area contributed by atoms with Gasteiger partial charge in [-0.2, -0.15) is 4.98 Å². The third-order valence-corrected chi connectivity index (χ3v) is 8.15. The molecule has 0 bridgehead atoms. The largest absolute Gasteiger partial charge is 0.356 e. The summed E-state index contributed by atoms with van der Waals surface area (Å²) in [6, 6.07) is 6.74. The topological polar surface area (TPSA) is 64.6 Å². The lowest BCUT2D eigenvalue weighted by molar-refractivity contribution is 0.0530. The van der Waals surface area contributed by atoms with Crippen LogP contribution in [0.2, 0.25) is 0 Å².